The van der Waals surface area contributed by atoms with Crippen molar-refractivity contribution in [1.82, 2.24) is 10.2 Å². The Hall–Kier alpha value is -4.42. The Balaban J connectivity index is 1.56. The van der Waals surface area contributed by atoms with Crippen LogP contribution in [0.5, 0.6) is 17.2 Å². The lowest BCUT2D eigenvalue weighted by Gasteiger charge is -2.23. The summed E-state index contributed by atoms with van der Waals surface area (Å²) in [7, 11) is 0. The summed E-state index contributed by atoms with van der Waals surface area (Å²) in [6, 6.07) is 17.0. The molecule has 0 aliphatic carbocycles. The van der Waals surface area contributed by atoms with Gasteiger partial charge in [0.2, 0.25) is 5.13 Å². The van der Waals surface area contributed by atoms with Gasteiger partial charge in [-0.1, -0.05) is 54.6 Å². The van der Waals surface area contributed by atoms with E-state index in [9.17, 15) is 19.1 Å². The van der Waals surface area contributed by atoms with Gasteiger partial charge in [0.15, 0.2) is 15.8 Å². The van der Waals surface area contributed by atoms with Crippen LogP contribution in [0.3, 0.4) is 0 Å². The van der Waals surface area contributed by atoms with Crippen LogP contribution in [0.1, 0.15) is 56.3 Å². The van der Waals surface area contributed by atoms with E-state index >= 15 is 0 Å². The van der Waals surface area contributed by atoms with Crippen LogP contribution in [-0.4, -0.2) is 46.8 Å². The SMILES string of the molecule is CCCCOc1ccc(C2C(=C(O)c3ccc(OCC)cc3)C(=O)C(=O)N2c2nnc(SCc3ccc(F)cc3)s2)cc1OCC. The number of ether oxygens (including phenoxy) is 3. The maximum Gasteiger partial charge on any atom is 0.301 e. The van der Waals surface area contributed by atoms with E-state index in [0.717, 1.165) is 29.7 Å². The molecular weight excluding hydrogens is 630 g/mol. The van der Waals surface area contributed by atoms with Gasteiger partial charge < -0.3 is 19.3 Å². The second kappa shape index (κ2) is 15.2. The zero-order valence-electron chi connectivity index (χ0n) is 25.7. The number of hydrogen-bond acceptors (Lipinski definition) is 10. The fourth-order valence-electron chi connectivity index (χ4n) is 4.87. The monoisotopic (exact) mass is 663 g/mol. The molecule has 12 heteroatoms. The van der Waals surface area contributed by atoms with Crippen molar-refractivity contribution in [3.8, 4) is 17.2 Å². The van der Waals surface area contributed by atoms with E-state index in [1.807, 2.05) is 13.8 Å². The molecule has 0 bridgehead atoms. The normalized spacial score (nSPS) is 15.7. The minimum atomic E-state index is -1.03. The lowest BCUT2D eigenvalue weighted by Crippen LogP contribution is -2.29. The minimum absolute atomic E-state index is 0.0908. The topological polar surface area (TPSA) is 111 Å². The minimum Gasteiger partial charge on any atom is -0.507 e. The van der Waals surface area contributed by atoms with Gasteiger partial charge >= 0.3 is 5.91 Å². The smallest absolute Gasteiger partial charge is 0.301 e. The summed E-state index contributed by atoms with van der Waals surface area (Å²) in [6.07, 6.45) is 1.84. The van der Waals surface area contributed by atoms with Gasteiger partial charge in [-0.05, 0) is 79.9 Å². The molecule has 4 aromatic rings. The van der Waals surface area contributed by atoms with Crippen molar-refractivity contribution >= 4 is 45.7 Å². The largest absolute Gasteiger partial charge is 0.507 e. The molecule has 1 fully saturated rings. The Bertz CT molecular complexity index is 1710. The van der Waals surface area contributed by atoms with Crippen LogP contribution >= 0.6 is 23.1 Å². The number of halogens is 1. The number of aliphatic hydroxyl groups excluding tert-OH is 1. The fourth-order valence-corrected chi connectivity index (χ4v) is 6.69. The molecule has 1 amide bonds. The molecule has 1 saturated heterocycles. The molecule has 3 aromatic carbocycles. The van der Waals surface area contributed by atoms with Crippen molar-refractivity contribution in [2.24, 2.45) is 0 Å². The number of anilines is 1. The van der Waals surface area contributed by atoms with Crippen molar-refractivity contribution in [1.29, 1.82) is 0 Å². The first kappa shape index (κ1) is 33.0. The lowest BCUT2D eigenvalue weighted by atomic mass is 9.95. The fraction of sp³-hybridized carbons (Fsp3) is 0.294. The average Bonchev–Trinajstić information content (AvgIpc) is 3.63. The molecular formula is C34H34FN3O6S2. The second-order valence-corrected chi connectivity index (χ2v) is 12.4. The van der Waals surface area contributed by atoms with Gasteiger partial charge in [-0.15, -0.1) is 10.2 Å². The van der Waals surface area contributed by atoms with Crippen LogP contribution in [0, 0.1) is 5.82 Å². The Morgan fingerprint density at radius 1 is 0.935 bits per heavy atom. The molecule has 9 nitrogen and oxygen atoms in total. The van der Waals surface area contributed by atoms with E-state index < -0.39 is 17.7 Å². The highest BCUT2D eigenvalue weighted by Gasteiger charge is 2.48. The molecule has 1 atom stereocenters. The number of hydrogen-bond donors (Lipinski definition) is 1. The van der Waals surface area contributed by atoms with Gasteiger partial charge in [0.1, 0.15) is 17.3 Å². The summed E-state index contributed by atoms with van der Waals surface area (Å²) in [4.78, 5) is 28.7. The molecule has 1 N–H and O–H groups in total. The standard InChI is InChI=1S/C34H34FN3O6S2/c1-4-7-18-44-26-17-12-23(19-27(26)43-6-3)29-28(30(39)22-10-15-25(16-11-22)42-5-2)31(40)32(41)38(29)33-36-37-34(46-33)45-20-21-8-13-24(35)14-9-21/h8-17,19,29,39H,4-7,18,20H2,1-3H3. The average molecular weight is 664 g/mol. The van der Waals surface area contributed by atoms with E-state index in [1.54, 1.807) is 54.6 Å². The van der Waals surface area contributed by atoms with Crippen molar-refractivity contribution in [3.63, 3.8) is 0 Å². The highest BCUT2D eigenvalue weighted by Crippen LogP contribution is 2.45. The number of carbonyl (C=O) groups excluding carboxylic acids is 2. The second-order valence-electron chi connectivity index (χ2n) is 10.2. The molecule has 1 aromatic heterocycles. The Kier molecular flexibility index (Phi) is 10.9. The number of unbranched alkanes of at least 4 members (excludes halogenated alkanes) is 1. The molecule has 0 saturated carbocycles. The molecule has 0 spiro atoms. The number of aromatic nitrogens is 2. The van der Waals surface area contributed by atoms with Gasteiger partial charge in [-0.2, -0.15) is 0 Å². The number of aliphatic hydroxyl groups is 1. The third-order valence-electron chi connectivity index (χ3n) is 7.10. The van der Waals surface area contributed by atoms with Crippen LogP contribution in [0.4, 0.5) is 9.52 Å². The lowest BCUT2D eigenvalue weighted by molar-refractivity contribution is -0.132. The number of Topliss-reactive ketones (excluding diaryl/α,β-unsaturated/α-hetero) is 1. The molecule has 1 aliphatic rings. The highest BCUT2D eigenvalue weighted by atomic mass is 32.2. The zero-order valence-corrected chi connectivity index (χ0v) is 27.3. The van der Waals surface area contributed by atoms with Gasteiger partial charge in [0, 0.05) is 11.3 Å². The third-order valence-corrected chi connectivity index (χ3v) is 9.23. The number of carbonyl (C=O) groups is 2. The highest BCUT2D eigenvalue weighted by molar-refractivity contribution is 8.00. The first-order valence-corrected chi connectivity index (χ1v) is 16.8. The number of rotatable bonds is 14. The van der Waals surface area contributed by atoms with Crippen LogP contribution in [0.25, 0.3) is 5.76 Å². The predicted molar refractivity (Wildman–Crippen MR) is 176 cm³/mol. The Labute approximate surface area is 275 Å². The van der Waals surface area contributed by atoms with Crippen LogP contribution in [-0.2, 0) is 15.3 Å². The number of nitrogens with zero attached hydrogens (tertiary/aromatic N) is 3. The van der Waals surface area contributed by atoms with E-state index in [4.69, 9.17) is 14.2 Å². The molecule has 5 rings (SSSR count). The predicted octanol–water partition coefficient (Wildman–Crippen LogP) is 7.57. The van der Waals surface area contributed by atoms with Crippen LogP contribution in [0.15, 0.2) is 76.6 Å². The van der Waals surface area contributed by atoms with E-state index in [0.29, 0.717) is 58.3 Å². The molecule has 2 heterocycles. The van der Waals surface area contributed by atoms with Gasteiger partial charge in [0.05, 0.1) is 31.4 Å². The Morgan fingerprint density at radius 3 is 2.37 bits per heavy atom. The molecule has 240 valence electrons. The van der Waals surface area contributed by atoms with E-state index in [-0.39, 0.29) is 22.3 Å². The zero-order chi connectivity index (χ0) is 32.6. The molecule has 0 radical (unpaired) electrons. The maximum absolute atomic E-state index is 13.7. The summed E-state index contributed by atoms with van der Waals surface area (Å²) < 4.78 is 31.3. The number of thioether (sulfide) groups is 1. The summed E-state index contributed by atoms with van der Waals surface area (Å²) in [5.41, 5.74) is 1.67. The molecule has 46 heavy (non-hydrogen) atoms. The van der Waals surface area contributed by atoms with Gasteiger partial charge in [-0.25, -0.2) is 4.39 Å². The quantitative estimate of drug-likeness (QED) is 0.0365. The Morgan fingerprint density at radius 2 is 1.67 bits per heavy atom. The summed E-state index contributed by atoms with van der Waals surface area (Å²) in [5.74, 6) is -0.236. The van der Waals surface area contributed by atoms with Crippen molar-refractivity contribution in [3.05, 3.63) is 94.8 Å². The summed E-state index contributed by atoms with van der Waals surface area (Å²) >= 11 is 2.53. The summed E-state index contributed by atoms with van der Waals surface area (Å²) in [5, 5.41) is 20.3. The molecule has 1 unspecified atom stereocenters. The van der Waals surface area contributed by atoms with Crippen molar-refractivity contribution in [2.75, 3.05) is 24.7 Å². The first-order valence-electron chi connectivity index (χ1n) is 15.0. The first-order chi connectivity index (χ1) is 22.3. The van der Waals surface area contributed by atoms with Gasteiger partial charge in [-0.3, -0.25) is 14.5 Å². The van der Waals surface area contributed by atoms with Crippen molar-refractivity contribution in [2.45, 2.75) is 49.7 Å². The van der Waals surface area contributed by atoms with E-state index in [1.165, 1.54) is 28.8 Å². The molecule has 1 aliphatic heterocycles. The maximum atomic E-state index is 13.7. The number of amides is 1. The third kappa shape index (κ3) is 7.34. The number of benzene rings is 3. The van der Waals surface area contributed by atoms with E-state index in [2.05, 4.69) is 17.1 Å². The van der Waals surface area contributed by atoms with Crippen LogP contribution < -0.4 is 19.1 Å². The summed E-state index contributed by atoms with van der Waals surface area (Å²) in [6.45, 7) is 7.14. The van der Waals surface area contributed by atoms with Crippen molar-refractivity contribution < 1.29 is 33.3 Å². The number of ketones is 1. The van der Waals surface area contributed by atoms with Crippen LogP contribution in [0.2, 0.25) is 0 Å². The van der Waals surface area contributed by atoms with Gasteiger partial charge in [0.25, 0.3) is 5.78 Å².